The van der Waals surface area contributed by atoms with Gasteiger partial charge < -0.3 is 14.8 Å². The summed E-state index contributed by atoms with van der Waals surface area (Å²) in [5.41, 5.74) is 0.358. The minimum atomic E-state index is -3.63. The summed E-state index contributed by atoms with van der Waals surface area (Å²) in [5, 5.41) is 11.5. The standard InChI is InChI=1S/C23H28FN5O5S2/c1-16(13-33-4)29-21(14-34-20-11-6-5-10-19(20)24)26-27-23(29)35-15-22(30)25-17-8-7-9-18(12-17)36(31,32)28(2)3/h5-12,16H,13-15H2,1-4H3,(H,25,30)/t16-/m0/s1. The number of nitrogens with zero attached hydrogens (tertiary/aromatic N) is 4. The van der Waals surface area contributed by atoms with Crippen LogP contribution in [0.25, 0.3) is 0 Å². The molecule has 0 spiro atoms. The Hall–Kier alpha value is -3.00. The number of para-hydroxylation sites is 1. The molecule has 10 nitrogen and oxygen atoms in total. The summed E-state index contributed by atoms with van der Waals surface area (Å²) < 4.78 is 52.4. The van der Waals surface area contributed by atoms with Gasteiger partial charge in [-0.05, 0) is 37.3 Å². The van der Waals surface area contributed by atoms with Crippen LogP contribution in [0.5, 0.6) is 5.75 Å². The van der Waals surface area contributed by atoms with Crippen LogP contribution < -0.4 is 10.1 Å². The van der Waals surface area contributed by atoms with Gasteiger partial charge >= 0.3 is 0 Å². The number of hydrogen-bond acceptors (Lipinski definition) is 8. The first kappa shape index (κ1) is 27.6. The van der Waals surface area contributed by atoms with Gasteiger partial charge in [-0.1, -0.05) is 30.0 Å². The Balaban J connectivity index is 1.70. The van der Waals surface area contributed by atoms with Crippen LogP contribution in [0.4, 0.5) is 10.1 Å². The van der Waals surface area contributed by atoms with Gasteiger partial charge in [0.1, 0.15) is 6.61 Å². The zero-order valence-corrected chi connectivity index (χ0v) is 22.0. The van der Waals surface area contributed by atoms with Crippen LogP contribution in [0.1, 0.15) is 18.8 Å². The summed E-state index contributed by atoms with van der Waals surface area (Å²) in [6, 6.07) is 11.9. The average molecular weight is 538 g/mol. The summed E-state index contributed by atoms with van der Waals surface area (Å²) in [4.78, 5) is 12.7. The summed E-state index contributed by atoms with van der Waals surface area (Å²) in [6.45, 7) is 2.24. The van der Waals surface area contributed by atoms with Crippen LogP contribution in [0.3, 0.4) is 0 Å². The molecule has 0 saturated heterocycles. The van der Waals surface area contributed by atoms with Crippen molar-refractivity contribution in [3.63, 3.8) is 0 Å². The van der Waals surface area contributed by atoms with Crippen molar-refractivity contribution in [2.45, 2.75) is 29.6 Å². The first-order valence-electron chi connectivity index (χ1n) is 10.9. The number of hydrogen-bond donors (Lipinski definition) is 1. The van der Waals surface area contributed by atoms with E-state index in [9.17, 15) is 17.6 Å². The quantitative estimate of drug-likeness (QED) is 0.350. The fraction of sp³-hybridized carbons (Fsp3) is 0.348. The molecule has 0 radical (unpaired) electrons. The Kier molecular flexibility index (Phi) is 9.43. The number of amides is 1. The van der Waals surface area contributed by atoms with Gasteiger partial charge in [0.2, 0.25) is 15.9 Å². The smallest absolute Gasteiger partial charge is 0.242 e. The summed E-state index contributed by atoms with van der Waals surface area (Å²) in [5.74, 6) is -0.290. The molecule has 0 aliphatic rings. The summed E-state index contributed by atoms with van der Waals surface area (Å²) in [6.07, 6.45) is 0. The number of rotatable bonds is 12. The number of methoxy groups -OCH3 is 1. The molecule has 1 atom stereocenters. The van der Waals surface area contributed by atoms with Crippen molar-refractivity contribution in [2.75, 3.05) is 38.9 Å². The number of aromatic nitrogens is 3. The van der Waals surface area contributed by atoms with Gasteiger partial charge in [-0.15, -0.1) is 10.2 Å². The van der Waals surface area contributed by atoms with Crippen LogP contribution in [0, 0.1) is 5.82 Å². The monoisotopic (exact) mass is 537 g/mol. The second kappa shape index (κ2) is 12.3. The van der Waals surface area contributed by atoms with E-state index in [-0.39, 0.29) is 35.0 Å². The van der Waals surface area contributed by atoms with Crippen molar-refractivity contribution in [3.05, 3.63) is 60.2 Å². The lowest BCUT2D eigenvalue weighted by atomic mass is 10.3. The molecule has 0 aliphatic carbocycles. The lowest BCUT2D eigenvalue weighted by Gasteiger charge is -2.17. The first-order chi connectivity index (χ1) is 17.1. The van der Waals surface area contributed by atoms with E-state index in [2.05, 4.69) is 15.5 Å². The van der Waals surface area contributed by atoms with E-state index in [1.807, 2.05) is 6.92 Å². The normalized spacial score (nSPS) is 12.5. The van der Waals surface area contributed by atoms with E-state index >= 15 is 0 Å². The van der Waals surface area contributed by atoms with Crippen molar-refractivity contribution in [1.82, 2.24) is 19.1 Å². The molecule has 2 aromatic carbocycles. The number of carbonyl (C=O) groups is 1. The Morgan fingerprint density at radius 2 is 1.94 bits per heavy atom. The van der Waals surface area contributed by atoms with Gasteiger partial charge in [0.05, 0.1) is 23.3 Å². The number of carbonyl (C=O) groups excluding carboxylic acids is 1. The first-order valence-corrected chi connectivity index (χ1v) is 13.3. The summed E-state index contributed by atoms with van der Waals surface area (Å²) in [7, 11) is 0.818. The number of halogens is 1. The van der Waals surface area contributed by atoms with Gasteiger partial charge in [0.25, 0.3) is 0 Å². The molecule has 1 amide bonds. The molecule has 3 rings (SSSR count). The van der Waals surface area contributed by atoms with Gasteiger partial charge in [-0.25, -0.2) is 17.1 Å². The van der Waals surface area contributed by atoms with Crippen LogP contribution in [0.15, 0.2) is 58.6 Å². The highest BCUT2D eigenvalue weighted by Crippen LogP contribution is 2.25. The molecule has 1 heterocycles. The third kappa shape index (κ3) is 6.81. The van der Waals surface area contributed by atoms with Crippen LogP contribution in [-0.2, 0) is 26.2 Å². The molecule has 36 heavy (non-hydrogen) atoms. The second-order valence-electron chi connectivity index (χ2n) is 7.94. The van der Waals surface area contributed by atoms with Crippen molar-refractivity contribution in [3.8, 4) is 5.75 Å². The number of anilines is 1. The van der Waals surface area contributed by atoms with Gasteiger partial charge in [0.15, 0.2) is 22.5 Å². The lowest BCUT2D eigenvalue weighted by Crippen LogP contribution is -2.22. The van der Waals surface area contributed by atoms with Gasteiger partial charge in [-0.2, -0.15) is 0 Å². The zero-order valence-electron chi connectivity index (χ0n) is 20.3. The minimum Gasteiger partial charge on any atom is -0.483 e. The maximum Gasteiger partial charge on any atom is 0.242 e. The number of thioether (sulfide) groups is 1. The zero-order chi connectivity index (χ0) is 26.3. The Bertz CT molecular complexity index is 1300. The minimum absolute atomic E-state index is 0.00331. The predicted molar refractivity (Wildman–Crippen MR) is 134 cm³/mol. The molecular formula is C23H28FN5O5S2. The molecule has 1 N–H and O–H groups in total. The Morgan fingerprint density at radius 3 is 2.64 bits per heavy atom. The summed E-state index contributed by atoms with van der Waals surface area (Å²) >= 11 is 1.15. The van der Waals surface area contributed by atoms with E-state index in [0.29, 0.717) is 23.3 Å². The van der Waals surface area contributed by atoms with E-state index < -0.39 is 15.8 Å². The fourth-order valence-corrected chi connectivity index (χ4v) is 5.04. The van der Waals surface area contributed by atoms with Gasteiger partial charge in [0, 0.05) is 26.9 Å². The maximum atomic E-state index is 13.9. The van der Waals surface area contributed by atoms with Crippen LogP contribution in [-0.4, -0.2) is 67.0 Å². The van der Waals surface area contributed by atoms with E-state index in [1.165, 1.54) is 38.4 Å². The molecule has 1 aromatic heterocycles. The predicted octanol–water partition coefficient (Wildman–Crippen LogP) is 3.18. The topological polar surface area (TPSA) is 116 Å². The largest absolute Gasteiger partial charge is 0.483 e. The molecule has 3 aromatic rings. The van der Waals surface area contributed by atoms with E-state index in [4.69, 9.17) is 9.47 Å². The Labute approximate surface area is 213 Å². The second-order valence-corrected chi connectivity index (χ2v) is 11.0. The Morgan fingerprint density at radius 1 is 1.19 bits per heavy atom. The number of nitrogens with one attached hydrogen (secondary N) is 1. The molecule has 194 valence electrons. The molecule has 0 fully saturated rings. The lowest BCUT2D eigenvalue weighted by molar-refractivity contribution is -0.113. The fourth-order valence-electron chi connectivity index (χ4n) is 3.24. The van der Waals surface area contributed by atoms with Crippen LogP contribution >= 0.6 is 11.8 Å². The molecule has 13 heteroatoms. The highest BCUT2D eigenvalue weighted by atomic mass is 32.2. The molecular weight excluding hydrogens is 509 g/mol. The molecule has 0 aliphatic heterocycles. The number of ether oxygens (including phenoxy) is 2. The highest BCUT2D eigenvalue weighted by Gasteiger charge is 2.21. The van der Waals surface area contributed by atoms with E-state index in [0.717, 1.165) is 16.1 Å². The van der Waals surface area contributed by atoms with Gasteiger partial charge in [-0.3, -0.25) is 9.36 Å². The third-order valence-corrected chi connectivity index (χ3v) is 7.76. The van der Waals surface area contributed by atoms with E-state index in [1.54, 1.807) is 35.9 Å². The average Bonchev–Trinajstić information content (AvgIpc) is 3.25. The van der Waals surface area contributed by atoms with Crippen molar-refractivity contribution in [2.24, 2.45) is 0 Å². The van der Waals surface area contributed by atoms with Crippen molar-refractivity contribution >= 4 is 33.4 Å². The number of benzene rings is 2. The molecule has 0 bridgehead atoms. The molecule has 0 saturated carbocycles. The van der Waals surface area contributed by atoms with Crippen molar-refractivity contribution in [1.29, 1.82) is 0 Å². The highest BCUT2D eigenvalue weighted by molar-refractivity contribution is 7.99. The number of sulfonamides is 1. The SMILES string of the molecule is COC[C@H](C)n1c(COc2ccccc2F)nnc1SCC(=O)Nc1cccc(S(=O)(=O)N(C)C)c1. The van der Waals surface area contributed by atoms with Crippen molar-refractivity contribution < 1.29 is 27.1 Å². The third-order valence-electron chi connectivity index (χ3n) is 5.01. The van der Waals surface area contributed by atoms with Crippen LogP contribution in [0.2, 0.25) is 0 Å². The molecule has 0 unspecified atom stereocenters. The maximum absolute atomic E-state index is 13.9.